The van der Waals surface area contributed by atoms with Gasteiger partial charge in [-0.15, -0.1) is 0 Å². The van der Waals surface area contributed by atoms with E-state index < -0.39 is 0 Å². The molecule has 0 saturated carbocycles. The highest BCUT2D eigenvalue weighted by molar-refractivity contribution is 9.10. The molecule has 1 N–H and O–H groups in total. The van der Waals surface area contributed by atoms with Crippen molar-refractivity contribution >= 4 is 27.5 Å². The summed E-state index contributed by atoms with van der Waals surface area (Å²) in [5.74, 6) is 0.876. The lowest BCUT2D eigenvalue weighted by atomic mass is 10.1. The molecule has 20 heavy (non-hydrogen) atoms. The standard InChI is InChI=1S/C16H17BrClNO/c1-11(12-4-7-15(20-2)8-5-12)19-10-13-3-6-14(18)9-16(13)17/h3-9,11,19H,10H2,1-2H3/t11-/m1/s1. The number of rotatable bonds is 5. The molecule has 0 saturated heterocycles. The molecule has 0 aliphatic rings. The lowest BCUT2D eigenvalue weighted by Gasteiger charge is -2.15. The SMILES string of the molecule is COc1ccc([C@@H](C)NCc2ccc(Cl)cc2Br)cc1. The number of ether oxygens (including phenoxy) is 1. The molecule has 2 rings (SSSR count). The average Bonchev–Trinajstić information content (AvgIpc) is 2.46. The smallest absolute Gasteiger partial charge is 0.118 e. The average molecular weight is 355 g/mol. The Morgan fingerprint density at radius 1 is 1.20 bits per heavy atom. The molecule has 0 aliphatic heterocycles. The summed E-state index contributed by atoms with van der Waals surface area (Å²) in [7, 11) is 1.68. The highest BCUT2D eigenvalue weighted by Gasteiger charge is 2.07. The Labute approximate surface area is 133 Å². The highest BCUT2D eigenvalue weighted by atomic mass is 79.9. The Bertz CT molecular complexity index is 571. The lowest BCUT2D eigenvalue weighted by Crippen LogP contribution is -2.18. The van der Waals surface area contributed by atoms with Gasteiger partial charge in [0.05, 0.1) is 7.11 Å². The van der Waals surface area contributed by atoms with E-state index in [0.29, 0.717) is 0 Å². The van der Waals surface area contributed by atoms with Crippen molar-refractivity contribution in [1.82, 2.24) is 5.32 Å². The number of nitrogens with one attached hydrogen (secondary N) is 1. The minimum absolute atomic E-state index is 0.267. The van der Waals surface area contributed by atoms with Crippen LogP contribution in [0.5, 0.6) is 5.75 Å². The summed E-state index contributed by atoms with van der Waals surface area (Å²) in [6.07, 6.45) is 0. The van der Waals surface area contributed by atoms with E-state index in [-0.39, 0.29) is 6.04 Å². The van der Waals surface area contributed by atoms with Crippen LogP contribution in [-0.4, -0.2) is 7.11 Å². The minimum Gasteiger partial charge on any atom is -0.497 e. The van der Waals surface area contributed by atoms with Crippen molar-refractivity contribution in [2.24, 2.45) is 0 Å². The van der Waals surface area contributed by atoms with Crippen LogP contribution in [0.2, 0.25) is 5.02 Å². The van der Waals surface area contributed by atoms with Gasteiger partial charge in [0.1, 0.15) is 5.75 Å². The van der Waals surface area contributed by atoms with E-state index in [1.165, 1.54) is 11.1 Å². The van der Waals surface area contributed by atoms with Gasteiger partial charge in [-0.3, -0.25) is 0 Å². The summed E-state index contributed by atoms with van der Waals surface area (Å²) >= 11 is 9.47. The number of hydrogen-bond acceptors (Lipinski definition) is 2. The van der Waals surface area contributed by atoms with Crippen LogP contribution >= 0.6 is 27.5 Å². The summed E-state index contributed by atoms with van der Waals surface area (Å²) < 4.78 is 6.19. The maximum absolute atomic E-state index is 5.94. The van der Waals surface area contributed by atoms with Crippen molar-refractivity contribution < 1.29 is 4.74 Å². The molecule has 0 amide bonds. The monoisotopic (exact) mass is 353 g/mol. The van der Waals surface area contributed by atoms with E-state index in [9.17, 15) is 0 Å². The molecule has 4 heteroatoms. The van der Waals surface area contributed by atoms with Crippen molar-refractivity contribution in [1.29, 1.82) is 0 Å². The van der Waals surface area contributed by atoms with E-state index in [1.807, 2.05) is 30.3 Å². The van der Waals surface area contributed by atoms with Crippen LogP contribution in [0.15, 0.2) is 46.9 Å². The molecule has 0 heterocycles. The van der Waals surface area contributed by atoms with Gasteiger partial charge in [0.15, 0.2) is 0 Å². The molecule has 0 spiro atoms. The van der Waals surface area contributed by atoms with Gasteiger partial charge in [0.25, 0.3) is 0 Å². The van der Waals surface area contributed by atoms with Gasteiger partial charge in [-0.05, 0) is 42.3 Å². The number of halogens is 2. The van der Waals surface area contributed by atoms with Gasteiger partial charge >= 0.3 is 0 Å². The molecule has 106 valence electrons. The number of hydrogen-bond donors (Lipinski definition) is 1. The molecule has 2 aromatic rings. The zero-order valence-corrected chi connectivity index (χ0v) is 13.8. The van der Waals surface area contributed by atoms with E-state index in [1.54, 1.807) is 7.11 Å². The first-order chi connectivity index (χ1) is 9.60. The summed E-state index contributed by atoms with van der Waals surface area (Å²) in [4.78, 5) is 0. The van der Waals surface area contributed by atoms with Crippen LogP contribution in [0, 0.1) is 0 Å². The van der Waals surface area contributed by atoms with E-state index in [4.69, 9.17) is 16.3 Å². The fourth-order valence-corrected chi connectivity index (χ4v) is 2.76. The third-order valence-corrected chi connectivity index (χ3v) is 4.20. The molecular weight excluding hydrogens is 338 g/mol. The topological polar surface area (TPSA) is 21.3 Å². The van der Waals surface area contributed by atoms with Gasteiger partial charge in [0.2, 0.25) is 0 Å². The molecule has 0 aromatic heterocycles. The Hall–Kier alpha value is -1.03. The third kappa shape index (κ3) is 3.98. The molecule has 0 aliphatic carbocycles. The van der Waals surface area contributed by atoms with Gasteiger partial charge in [-0.2, -0.15) is 0 Å². The predicted octanol–water partition coefficient (Wildman–Crippen LogP) is 4.96. The van der Waals surface area contributed by atoms with Crippen LogP contribution < -0.4 is 10.1 Å². The fraction of sp³-hybridized carbons (Fsp3) is 0.250. The normalized spacial score (nSPS) is 12.2. The van der Waals surface area contributed by atoms with Gasteiger partial charge in [-0.1, -0.05) is 45.7 Å². The molecule has 0 unspecified atom stereocenters. The quantitative estimate of drug-likeness (QED) is 0.819. The van der Waals surface area contributed by atoms with Crippen molar-refractivity contribution in [2.75, 3.05) is 7.11 Å². The summed E-state index contributed by atoms with van der Waals surface area (Å²) in [5.41, 5.74) is 2.42. The first kappa shape index (κ1) is 15.4. The van der Waals surface area contributed by atoms with E-state index >= 15 is 0 Å². The van der Waals surface area contributed by atoms with Gasteiger partial charge in [-0.25, -0.2) is 0 Å². The number of benzene rings is 2. The maximum Gasteiger partial charge on any atom is 0.118 e. The van der Waals surface area contributed by atoms with Crippen LogP contribution in [0.25, 0.3) is 0 Å². The highest BCUT2D eigenvalue weighted by Crippen LogP contribution is 2.23. The van der Waals surface area contributed by atoms with E-state index in [2.05, 4.69) is 40.3 Å². The second-order valence-electron chi connectivity index (χ2n) is 4.61. The van der Waals surface area contributed by atoms with Crippen molar-refractivity contribution in [3.05, 3.63) is 63.1 Å². The molecule has 0 fully saturated rings. The molecule has 0 radical (unpaired) electrons. The van der Waals surface area contributed by atoms with Gasteiger partial charge < -0.3 is 10.1 Å². The second-order valence-corrected chi connectivity index (χ2v) is 5.90. The van der Waals surface area contributed by atoms with Crippen LogP contribution in [0.4, 0.5) is 0 Å². The van der Waals surface area contributed by atoms with Crippen molar-refractivity contribution in [3.63, 3.8) is 0 Å². The van der Waals surface area contributed by atoms with Crippen LogP contribution in [-0.2, 0) is 6.54 Å². The summed E-state index contributed by atoms with van der Waals surface area (Å²) in [6, 6.07) is 14.2. The van der Waals surface area contributed by atoms with Crippen molar-refractivity contribution in [3.8, 4) is 5.75 Å². The Morgan fingerprint density at radius 2 is 1.90 bits per heavy atom. The molecular formula is C16H17BrClNO. The fourth-order valence-electron chi connectivity index (χ4n) is 1.94. The molecule has 2 aromatic carbocycles. The molecule has 1 atom stereocenters. The van der Waals surface area contributed by atoms with Crippen molar-refractivity contribution in [2.45, 2.75) is 19.5 Å². The zero-order chi connectivity index (χ0) is 14.5. The zero-order valence-electron chi connectivity index (χ0n) is 11.5. The first-order valence-electron chi connectivity index (χ1n) is 6.41. The Balaban J connectivity index is 1.98. The predicted molar refractivity (Wildman–Crippen MR) is 87.4 cm³/mol. The molecule has 0 bridgehead atoms. The lowest BCUT2D eigenvalue weighted by molar-refractivity contribution is 0.414. The second kappa shape index (κ2) is 7.11. The van der Waals surface area contributed by atoms with E-state index in [0.717, 1.165) is 21.8 Å². The van der Waals surface area contributed by atoms with Gasteiger partial charge in [0, 0.05) is 22.1 Å². The first-order valence-corrected chi connectivity index (χ1v) is 7.58. The van der Waals surface area contributed by atoms with Crippen LogP contribution in [0.1, 0.15) is 24.1 Å². The largest absolute Gasteiger partial charge is 0.497 e. The summed E-state index contributed by atoms with van der Waals surface area (Å²) in [5, 5.41) is 4.24. The maximum atomic E-state index is 5.94. The third-order valence-electron chi connectivity index (χ3n) is 3.23. The summed E-state index contributed by atoms with van der Waals surface area (Å²) in [6.45, 7) is 2.93. The van der Waals surface area contributed by atoms with Crippen LogP contribution in [0.3, 0.4) is 0 Å². The molecule has 2 nitrogen and oxygen atoms in total. The minimum atomic E-state index is 0.267. The Kier molecular flexibility index (Phi) is 5.46. The Morgan fingerprint density at radius 3 is 2.50 bits per heavy atom. The number of methoxy groups -OCH3 is 1.